The van der Waals surface area contributed by atoms with E-state index in [0.717, 1.165) is 32.2 Å². The highest BCUT2D eigenvalue weighted by atomic mass is 32.2. The van der Waals surface area contributed by atoms with Gasteiger partial charge in [0.15, 0.2) is 5.13 Å². The molecule has 0 unspecified atom stereocenters. The summed E-state index contributed by atoms with van der Waals surface area (Å²) in [6, 6.07) is 10.0. The van der Waals surface area contributed by atoms with Gasteiger partial charge in [0.05, 0.1) is 16.5 Å². The zero-order valence-corrected chi connectivity index (χ0v) is 20.2. The van der Waals surface area contributed by atoms with E-state index in [0.29, 0.717) is 32.0 Å². The van der Waals surface area contributed by atoms with Gasteiger partial charge in [-0.1, -0.05) is 30.1 Å². The first kappa shape index (κ1) is 23.1. The number of anilines is 3. The number of allylic oxidation sites excluding steroid dienone is 3. The molecule has 1 fully saturated rings. The Bertz CT molecular complexity index is 1320. The van der Waals surface area contributed by atoms with Gasteiger partial charge < -0.3 is 10.2 Å². The molecule has 0 saturated carbocycles. The van der Waals surface area contributed by atoms with Crippen LogP contribution in [0.25, 0.3) is 15.8 Å². The Balaban J connectivity index is 1.50. The number of benzene rings is 1. The molecule has 1 aliphatic heterocycles. The molecule has 172 valence electrons. The number of nitrogens with one attached hydrogen (secondary N) is 1. The van der Waals surface area contributed by atoms with Crippen LogP contribution in [0.2, 0.25) is 0 Å². The van der Waals surface area contributed by atoms with Crippen LogP contribution in [0.4, 0.5) is 16.6 Å². The summed E-state index contributed by atoms with van der Waals surface area (Å²) >= 11 is 1.56. The second kappa shape index (κ2) is 9.82. The molecule has 3 heterocycles. The minimum Gasteiger partial charge on any atom is -0.369 e. The summed E-state index contributed by atoms with van der Waals surface area (Å²) in [6.45, 7) is 6.14. The van der Waals surface area contributed by atoms with Crippen LogP contribution in [-0.4, -0.2) is 68.4 Å². The molecule has 0 aliphatic carbocycles. The Morgan fingerprint density at radius 1 is 1.21 bits per heavy atom. The highest BCUT2D eigenvalue weighted by molar-refractivity contribution is 7.88. The Morgan fingerprint density at radius 2 is 2.00 bits per heavy atom. The van der Waals surface area contributed by atoms with Crippen molar-refractivity contribution in [1.29, 1.82) is 0 Å². The molecule has 4 rings (SSSR count). The summed E-state index contributed by atoms with van der Waals surface area (Å²) < 4.78 is 26.1. The molecule has 0 spiro atoms. The Kier molecular flexibility index (Phi) is 6.87. The van der Waals surface area contributed by atoms with Crippen LogP contribution in [0, 0.1) is 0 Å². The van der Waals surface area contributed by atoms with Crippen LogP contribution < -0.4 is 10.2 Å². The summed E-state index contributed by atoms with van der Waals surface area (Å²) in [5.41, 5.74) is 3.96. The van der Waals surface area contributed by atoms with Crippen LogP contribution >= 0.6 is 11.3 Å². The van der Waals surface area contributed by atoms with Gasteiger partial charge in [-0.25, -0.2) is 18.4 Å². The maximum absolute atomic E-state index is 11.8. The molecule has 8 nitrogen and oxygen atoms in total. The van der Waals surface area contributed by atoms with Crippen molar-refractivity contribution < 1.29 is 8.42 Å². The highest BCUT2D eigenvalue weighted by Gasteiger charge is 2.23. The first-order valence-electron chi connectivity index (χ1n) is 10.5. The smallest absolute Gasteiger partial charge is 0.211 e. The Hall–Kier alpha value is -3.08. The maximum Gasteiger partial charge on any atom is 0.211 e. The lowest BCUT2D eigenvalue weighted by atomic mass is 10.1. The molecule has 33 heavy (non-hydrogen) atoms. The van der Waals surface area contributed by atoms with Crippen molar-refractivity contribution in [3.05, 3.63) is 60.8 Å². The lowest BCUT2D eigenvalue weighted by Crippen LogP contribution is -2.48. The molecule has 0 atom stereocenters. The third-order valence-electron chi connectivity index (χ3n) is 5.40. The third-order valence-corrected chi connectivity index (χ3v) is 7.63. The van der Waals surface area contributed by atoms with Crippen LogP contribution in [0.15, 0.2) is 60.3 Å². The second-order valence-electron chi connectivity index (χ2n) is 7.61. The van der Waals surface area contributed by atoms with Gasteiger partial charge >= 0.3 is 0 Å². The first-order valence-corrected chi connectivity index (χ1v) is 13.1. The zero-order chi connectivity index (χ0) is 23.4. The standard InChI is InChI=1S/C23H26N6O2S2/c1-4-17(7-9-24-2)18-5-6-20-21(15-18)32-23(26-20)27-22-16-19(8-10-25-22)28-11-13-29(14-12-28)33(3,30)31/h4-10,15-16H,1,11-14H2,2-3H3,(H,25,26,27)/b17-7+,24-9?. The number of rotatable bonds is 7. The van der Waals surface area contributed by atoms with Crippen LogP contribution in [0.3, 0.4) is 0 Å². The number of hydrogen-bond acceptors (Lipinski definition) is 8. The third kappa shape index (κ3) is 5.47. The minimum atomic E-state index is -3.15. The van der Waals surface area contributed by atoms with Gasteiger partial charge in [0.2, 0.25) is 10.0 Å². The molecule has 1 aliphatic rings. The van der Waals surface area contributed by atoms with E-state index in [9.17, 15) is 8.42 Å². The number of piperazine rings is 1. The fraction of sp³-hybridized carbons (Fsp3) is 0.261. The summed E-state index contributed by atoms with van der Waals surface area (Å²) in [4.78, 5) is 15.3. The number of aliphatic imine (C=N–C) groups is 1. The number of hydrogen-bond donors (Lipinski definition) is 1. The number of sulfonamides is 1. The lowest BCUT2D eigenvalue weighted by molar-refractivity contribution is 0.388. The molecule has 10 heteroatoms. The van der Waals surface area contributed by atoms with E-state index in [1.165, 1.54) is 10.6 Å². The van der Waals surface area contributed by atoms with Gasteiger partial charge in [0.1, 0.15) is 5.82 Å². The van der Waals surface area contributed by atoms with Crippen molar-refractivity contribution in [3.8, 4) is 0 Å². The number of nitrogens with zero attached hydrogens (tertiary/aromatic N) is 5. The average molecular weight is 483 g/mol. The van der Waals surface area contributed by atoms with Crippen molar-refractivity contribution >= 4 is 60.0 Å². The highest BCUT2D eigenvalue weighted by Crippen LogP contribution is 2.31. The largest absolute Gasteiger partial charge is 0.369 e. The molecule has 1 saturated heterocycles. The molecule has 0 bridgehead atoms. The fourth-order valence-electron chi connectivity index (χ4n) is 3.67. The quantitative estimate of drug-likeness (QED) is 0.407. The predicted molar refractivity (Wildman–Crippen MR) is 138 cm³/mol. The van der Waals surface area contributed by atoms with E-state index in [4.69, 9.17) is 0 Å². The van der Waals surface area contributed by atoms with E-state index >= 15 is 0 Å². The van der Waals surface area contributed by atoms with Gasteiger partial charge in [0, 0.05) is 57.4 Å². The van der Waals surface area contributed by atoms with Crippen molar-refractivity contribution in [2.75, 3.05) is 49.7 Å². The van der Waals surface area contributed by atoms with E-state index in [-0.39, 0.29) is 0 Å². The molecular formula is C23H26N6O2S2. The number of pyridine rings is 1. The van der Waals surface area contributed by atoms with Crippen molar-refractivity contribution in [2.24, 2.45) is 4.99 Å². The molecule has 2 aromatic heterocycles. The maximum atomic E-state index is 11.8. The van der Waals surface area contributed by atoms with Gasteiger partial charge in [0.25, 0.3) is 0 Å². The van der Waals surface area contributed by atoms with Gasteiger partial charge in [-0.15, -0.1) is 0 Å². The van der Waals surface area contributed by atoms with Crippen molar-refractivity contribution in [1.82, 2.24) is 14.3 Å². The molecule has 0 radical (unpaired) electrons. The average Bonchev–Trinajstić information content (AvgIpc) is 3.21. The minimum absolute atomic E-state index is 0.482. The second-order valence-corrected chi connectivity index (χ2v) is 10.6. The monoisotopic (exact) mass is 482 g/mol. The van der Waals surface area contributed by atoms with Crippen LogP contribution in [0.5, 0.6) is 0 Å². The van der Waals surface area contributed by atoms with Crippen molar-refractivity contribution in [3.63, 3.8) is 0 Å². The van der Waals surface area contributed by atoms with E-state index in [1.807, 2.05) is 36.4 Å². The molecular weight excluding hydrogens is 456 g/mol. The van der Waals surface area contributed by atoms with Crippen LogP contribution in [0.1, 0.15) is 5.56 Å². The normalized spacial score (nSPS) is 15.9. The Labute approximate surface area is 198 Å². The zero-order valence-electron chi connectivity index (χ0n) is 18.6. The van der Waals surface area contributed by atoms with Crippen molar-refractivity contribution in [2.45, 2.75) is 0 Å². The van der Waals surface area contributed by atoms with E-state index < -0.39 is 10.0 Å². The topological polar surface area (TPSA) is 90.8 Å². The molecule has 1 N–H and O–H groups in total. The summed E-state index contributed by atoms with van der Waals surface area (Å²) in [5, 5.41) is 4.07. The predicted octanol–water partition coefficient (Wildman–Crippen LogP) is 3.79. The lowest BCUT2D eigenvalue weighted by Gasteiger charge is -2.34. The number of aromatic nitrogens is 2. The number of thiazole rings is 1. The summed E-state index contributed by atoms with van der Waals surface area (Å²) in [6.07, 6.45) is 8.50. The SMILES string of the molecule is C=C/C(=C\C=NC)c1ccc2nc(Nc3cc(N4CCN(S(C)(=O)=O)CC4)ccn3)sc2c1. The molecule has 3 aromatic rings. The molecule has 1 aromatic carbocycles. The van der Waals surface area contributed by atoms with Gasteiger partial charge in [-0.05, 0) is 35.4 Å². The first-order chi connectivity index (χ1) is 15.9. The van der Waals surface area contributed by atoms with Crippen LogP contribution in [-0.2, 0) is 10.0 Å². The van der Waals surface area contributed by atoms with Gasteiger partial charge in [-0.2, -0.15) is 4.31 Å². The summed E-state index contributed by atoms with van der Waals surface area (Å²) in [5.74, 6) is 0.697. The summed E-state index contributed by atoms with van der Waals surface area (Å²) in [7, 11) is -1.41. The van der Waals surface area contributed by atoms with E-state index in [1.54, 1.807) is 30.8 Å². The Morgan fingerprint density at radius 3 is 2.70 bits per heavy atom. The molecule has 0 amide bonds. The van der Waals surface area contributed by atoms with Gasteiger partial charge in [-0.3, -0.25) is 4.99 Å². The van der Waals surface area contributed by atoms with E-state index in [2.05, 4.69) is 37.8 Å². The number of fused-ring (bicyclic) bond motifs is 1. The fourth-order valence-corrected chi connectivity index (χ4v) is 5.41.